The Morgan fingerprint density at radius 2 is 1.75 bits per heavy atom. The number of carbonyl (C=O) groups excluding carboxylic acids is 1. The van der Waals surface area contributed by atoms with E-state index < -0.39 is 0 Å². The van der Waals surface area contributed by atoms with Crippen molar-refractivity contribution in [2.75, 3.05) is 19.5 Å². The van der Waals surface area contributed by atoms with Gasteiger partial charge in [-0.05, 0) is 30.7 Å². The quantitative estimate of drug-likeness (QED) is 0.929. The number of ether oxygens (including phenoxy) is 2. The van der Waals surface area contributed by atoms with Crippen LogP contribution in [0, 0.1) is 6.92 Å². The summed E-state index contributed by atoms with van der Waals surface area (Å²) in [7, 11) is 3.08. The van der Waals surface area contributed by atoms with Crippen LogP contribution in [0.25, 0.3) is 0 Å². The predicted octanol–water partition coefficient (Wildman–Crippen LogP) is 2.66. The third-order valence-electron chi connectivity index (χ3n) is 2.77. The Morgan fingerprint density at radius 1 is 1.10 bits per heavy atom. The van der Waals surface area contributed by atoms with Crippen LogP contribution in [-0.4, -0.2) is 25.1 Å². The standard InChI is InChI=1S/C15H16N2O3/c1-10-4-5-14(16-9-10)17-15(18)11-6-12(19-2)8-13(7-11)20-3/h4-9H,1-3H3,(H,16,17,18). The van der Waals surface area contributed by atoms with Crippen LogP contribution < -0.4 is 14.8 Å². The first-order valence-corrected chi connectivity index (χ1v) is 6.09. The van der Waals surface area contributed by atoms with Crippen LogP contribution in [0.1, 0.15) is 15.9 Å². The number of rotatable bonds is 4. The van der Waals surface area contributed by atoms with Gasteiger partial charge in [0.05, 0.1) is 14.2 Å². The molecule has 0 unspecified atom stereocenters. The zero-order valence-electron chi connectivity index (χ0n) is 11.6. The Bertz CT molecular complexity index is 587. The zero-order valence-corrected chi connectivity index (χ0v) is 11.6. The summed E-state index contributed by atoms with van der Waals surface area (Å²) >= 11 is 0. The number of carbonyl (C=O) groups is 1. The second-order valence-electron chi connectivity index (χ2n) is 4.28. The molecule has 1 aromatic carbocycles. The monoisotopic (exact) mass is 272 g/mol. The molecule has 0 aliphatic rings. The van der Waals surface area contributed by atoms with Crippen molar-refractivity contribution in [1.29, 1.82) is 0 Å². The number of pyridine rings is 1. The lowest BCUT2D eigenvalue weighted by Crippen LogP contribution is -2.13. The van der Waals surface area contributed by atoms with Crippen molar-refractivity contribution < 1.29 is 14.3 Å². The van der Waals surface area contributed by atoms with E-state index in [1.807, 2.05) is 13.0 Å². The molecule has 0 spiro atoms. The Morgan fingerprint density at radius 3 is 2.25 bits per heavy atom. The summed E-state index contributed by atoms with van der Waals surface area (Å²) in [4.78, 5) is 16.3. The normalized spacial score (nSPS) is 9.95. The average Bonchev–Trinajstić information content (AvgIpc) is 2.48. The lowest BCUT2D eigenvalue weighted by molar-refractivity contribution is 0.102. The van der Waals surface area contributed by atoms with Crippen molar-refractivity contribution in [3.63, 3.8) is 0 Å². The van der Waals surface area contributed by atoms with Crippen molar-refractivity contribution in [2.45, 2.75) is 6.92 Å². The average molecular weight is 272 g/mol. The summed E-state index contributed by atoms with van der Waals surface area (Å²) in [6.07, 6.45) is 1.70. The van der Waals surface area contributed by atoms with E-state index in [4.69, 9.17) is 9.47 Å². The fourth-order valence-electron chi connectivity index (χ4n) is 1.67. The lowest BCUT2D eigenvalue weighted by atomic mass is 10.2. The molecule has 0 bridgehead atoms. The van der Waals surface area contributed by atoms with E-state index in [0.717, 1.165) is 5.56 Å². The second-order valence-corrected chi connectivity index (χ2v) is 4.28. The van der Waals surface area contributed by atoms with Crippen molar-refractivity contribution in [3.05, 3.63) is 47.7 Å². The molecule has 1 aromatic heterocycles. The van der Waals surface area contributed by atoms with Crippen LogP contribution >= 0.6 is 0 Å². The van der Waals surface area contributed by atoms with Gasteiger partial charge in [0.2, 0.25) is 0 Å². The summed E-state index contributed by atoms with van der Waals surface area (Å²) in [5, 5.41) is 2.73. The fourth-order valence-corrected chi connectivity index (χ4v) is 1.67. The number of nitrogens with one attached hydrogen (secondary N) is 1. The molecule has 0 saturated carbocycles. The SMILES string of the molecule is COc1cc(OC)cc(C(=O)Nc2ccc(C)cn2)c1. The zero-order chi connectivity index (χ0) is 14.5. The van der Waals surface area contributed by atoms with Crippen LogP contribution in [0.4, 0.5) is 5.82 Å². The van der Waals surface area contributed by atoms with E-state index in [1.54, 1.807) is 30.5 Å². The number of benzene rings is 1. The van der Waals surface area contributed by atoms with Crippen LogP contribution in [0.15, 0.2) is 36.5 Å². The number of anilines is 1. The van der Waals surface area contributed by atoms with Gasteiger partial charge in [-0.3, -0.25) is 4.79 Å². The highest BCUT2D eigenvalue weighted by Gasteiger charge is 2.10. The first kappa shape index (κ1) is 13.9. The molecule has 0 radical (unpaired) electrons. The lowest BCUT2D eigenvalue weighted by Gasteiger charge is -2.09. The Hall–Kier alpha value is -2.56. The number of aromatic nitrogens is 1. The molecule has 0 aliphatic carbocycles. The van der Waals surface area contributed by atoms with Gasteiger partial charge in [0.25, 0.3) is 5.91 Å². The van der Waals surface area contributed by atoms with Crippen molar-refractivity contribution >= 4 is 11.7 Å². The number of methoxy groups -OCH3 is 2. The highest BCUT2D eigenvalue weighted by Crippen LogP contribution is 2.23. The highest BCUT2D eigenvalue weighted by atomic mass is 16.5. The molecule has 104 valence electrons. The van der Waals surface area contributed by atoms with E-state index in [-0.39, 0.29) is 5.91 Å². The maximum atomic E-state index is 12.2. The topological polar surface area (TPSA) is 60.5 Å². The van der Waals surface area contributed by atoms with Crippen LogP contribution in [-0.2, 0) is 0 Å². The number of aryl methyl sites for hydroxylation is 1. The van der Waals surface area contributed by atoms with Gasteiger partial charge in [0.15, 0.2) is 0 Å². The Kier molecular flexibility index (Phi) is 4.20. The van der Waals surface area contributed by atoms with Crippen molar-refractivity contribution in [1.82, 2.24) is 4.98 Å². The van der Waals surface area contributed by atoms with Gasteiger partial charge in [-0.15, -0.1) is 0 Å². The molecule has 0 atom stereocenters. The summed E-state index contributed by atoms with van der Waals surface area (Å²) in [6, 6.07) is 8.64. The smallest absolute Gasteiger partial charge is 0.257 e. The van der Waals surface area contributed by atoms with E-state index in [2.05, 4.69) is 10.3 Å². The fraction of sp³-hybridized carbons (Fsp3) is 0.200. The van der Waals surface area contributed by atoms with Gasteiger partial charge in [0, 0.05) is 17.8 Å². The Labute approximate surface area is 117 Å². The van der Waals surface area contributed by atoms with E-state index in [9.17, 15) is 4.79 Å². The van der Waals surface area contributed by atoms with Gasteiger partial charge in [-0.1, -0.05) is 6.07 Å². The number of hydrogen-bond donors (Lipinski definition) is 1. The Balaban J connectivity index is 2.22. The third kappa shape index (κ3) is 3.26. The van der Waals surface area contributed by atoms with E-state index >= 15 is 0 Å². The largest absolute Gasteiger partial charge is 0.497 e. The van der Waals surface area contributed by atoms with Gasteiger partial charge in [-0.25, -0.2) is 4.98 Å². The second kappa shape index (κ2) is 6.06. The van der Waals surface area contributed by atoms with E-state index in [0.29, 0.717) is 22.9 Å². The first-order chi connectivity index (χ1) is 9.62. The van der Waals surface area contributed by atoms with Gasteiger partial charge >= 0.3 is 0 Å². The molecule has 0 aliphatic heterocycles. The third-order valence-corrected chi connectivity index (χ3v) is 2.77. The van der Waals surface area contributed by atoms with Crippen LogP contribution in [0.2, 0.25) is 0 Å². The molecule has 5 heteroatoms. The molecule has 0 saturated heterocycles. The molecular weight excluding hydrogens is 256 g/mol. The minimum absolute atomic E-state index is 0.265. The molecule has 5 nitrogen and oxygen atoms in total. The summed E-state index contributed by atoms with van der Waals surface area (Å²) < 4.78 is 10.3. The molecule has 20 heavy (non-hydrogen) atoms. The number of amides is 1. The maximum absolute atomic E-state index is 12.2. The summed E-state index contributed by atoms with van der Waals surface area (Å²) in [5.41, 5.74) is 1.48. The molecule has 1 amide bonds. The van der Waals surface area contributed by atoms with Gasteiger partial charge in [0.1, 0.15) is 17.3 Å². The number of hydrogen-bond acceptors (Lipinski definition) is 4. The van der Waals surface area contributed by atoms with E-state index in [1.165, 1.54) is 14.2 Å². The minimum Gasteiger partial charge on any atom is -0.497 e. The van der Waals surface area contributed by atoms with Crippen molar-refractivity contribution in [3.8, 4) is 11.5 Å². The molecule has 2 aromatic rings. The van der Waals surface area contributed by atoms with Gasteiger partial charge < -0.3 is 14.8 Å². The predicted molar refractivity (Wildman–Crippen MR) is 76.5 cm³/mol. The first-order valence-electron chi connectivity index (χ1n) is 6.09. The van der Waals surface area contributed by atoms with Crippen molar-refractivity contribution in [2.24, 2.45) is 0 Å². The molecule has 1 heterocycles. The van der Waals surface area contributed by atoms with Crippen LogP contribution in [0.5, 0.6) is 11.5 Å². The molecule has 2 rings (SSSR count). The minimum atomic E-state index is -0.265. The molecule has 1 N–H and O–H groups in total. The maximum Gasteiger partial charge on any atom is 0.257 e. The summed E-state index contributed by atoms with van der Waals surface area (Å²) in [5.74, 6) is 1.36. The van der Waals surface area contributed by atoms with Gasteiger partial charge in [-0.2, -0.15) is 0 Å². The van der Waals surface area contributed by atoms with Crippen LogP contribution in [0.3, 0.4) is 0 Å². The summed E-state index contributed by atoms with van der Waals surface area (Å²) in [6.45, 7) is 1.94. The molecule has 0 fully saturated rings. The molecular formula is C15H16N2O3. The number of nitrogens with zero attached hydrogens (tertiary/aromatic N) is 1. The highest BCUT2D eigenvalue weighted by molar-refractivity contribution is 6.04.